The predicted molar refractivity (Wildman–Crippen MR) is 59.7 cm³/mol. The van der Waals surface area contributed by atoms with Crippen LogP contribution in [0.3, 0.4) is 0 Å². The Labute approximate surface area is 90.4 Å². The van der Waals surface area contributed by atoms with Gasteiger partial charge >= 0.3 is 0 Å². The highest BCUT2D eigenvalue weighted by Gasteiger charge is 2.42. The summed E-state index contributed by atoms with van der Waals surface area (Å²) >= 11 is 2.03. The summed E-state index contributed by atoms with van der Waals surface area (Å²) < 4.78 is 5.88. The van der Waals surface area contributed by atoms with Gasteiger partial charge in [0.15, 0.2) is 0 Å². The topological polar surface area (TPSA) is 29.5 Å². The Morgan fingerprint density at radius 2 is 2.29 bits per heavy atom. The Hall–Kier alpha value is 0.270. The number of hydrogen-bond donors (Lipinski definition) is 1. The van der Waals surface area contributed by atoms with Crippen LogP contribution in [0.1, 0.15) is 38.5 Å². The first-order chi connectivity index (χ1) is 6.85. The standard InChI is InChI=1S/C11H20O2S/c12-6-2-8-14-10-3-7-13-11(9-10)4-1-5-11/h10,12H,1-9H2. The average molecular weight is 216 g/mol. The molecule has 1 heterocycles. The molecule has 1 aliphatic carbocycles. The largest absolute Gasteiger partial charge is 0.396 e. The van der Waals surface area contributed by atoms with Crippen molar-refractivity contribution in [3.8, 4) is 0 Å². The molecule has 0 amide bonds. The van der Waals surface area contributed by atoms with E-state index >= 15 is 0 Å². The smallest absolute Gasteiger partial charge is 0.0693 e. The molecule has 1 saturated carbocycles. The van der Waals surface area contributed by atoms with Crippen molar-refractivity contribution in [3.63, 3.8) is 0 Å². The van der Waals surface area contributed by atoms with E-state index in [4.69, 9.17) is 9.84 Å². The van der Waals surface area contributed by atoms with E-state index in [0.717, 1.165) is 24.0 Å². The number of aliphatic hydroxyl groups excluding tert-OH is 1. The fourth-order valence-corrected chi connectivity index (χ4v) is 3.67. The second-order valence-electron chi connectivity index (χ2n) is 4.45. The van der Waals surface area contributed by atoms with E-state index in [1.54, 1.807) is 0 Å². The van der Waals surface area contributed by atoms with E-state index in [1.807, 2.05) is 11.8 Å². The zero-order valence-corrected chi connectivity index (χ0v) is 9.52. The Bertz CT molecular complexity index is 180. The fraction of sp³-hybridized carbons (Fsp3) is 1.00. The Morgan fingerprint density at radius 1 is 1.43 bits per heavy atom. The molecule has 2 fully saturated rings. The minimum absolute atomic E-state index is 0.287. The second-order valence-corrected chi connectivity index (χ2v) is 5.86. The predicted octanol–water partition coefficient (Wildman–Crippen LogP) is 2.20. The number of ether oxygens (including phenoxy) is 1. The summed E-state index contributed by atoms with van der Waals surface area (Å²) in [5, 5.41) is 9.51. The molecule has 0 bridgehead atoms. The van der Waals surface area contributed by atoms with Crippen LogP contribution in [0.25, 0.3) is 0 Å². The molecule has 0 radical (unpaired) electrons. The molecule has 1 N–H and O–H groups in total. The lowest BCUT2D eigenvalue weighted by atomic mass is 9.75. The highest BCUT2D eigenvalue weighted by Crippen LogP contribution is 2.44. The van der Waals surface area contributed by atoms with Crippen LogP contribution in [-0.2, 0) is 4.74 Å². The summed E-state index contributed by atoms with van der Waals surface area (Å²) in [6.45, 7) is 1.29. The molecule has 82 valence electrons. The first kappa shape index (κ1) is 10.8. The second kappa shape index (κ2) is 4.86. The molecule has 2 rings (SSSR count). The van der Waals surface area contributed by atoms with Gasteiger partial charge in [0.2, 0.25) is 0 Å². The molecule has 1 spiro atoms. The van der Waals surface area contributed by atoms with Crippen LogP contribution in [0, 0.1) is 0 Å². The van der Waals surface area contributed by atoms with E-state index in [-0.39, 0.29) is 5.60 Å². The van der Waals surface area contributed by atoms with Crippen molar-refractivity contribution in [1.82, 2.24) is 0 Å². The van der Waals surface area contributed by atoms with Gasteiger partial charge in [0.25, 0.3) is 0 Å². The quantitative estimate of drug-likeness (QED) is 0.731. The lowest BCUT2D eigenvalue weighted by Gasteiger charge is -2.47. The molecule has 0 aromatic carbocycles. The lowest BCUT2D eigenvalue weighted by Crippen LogP contribution is -2.46. The van der Waals surface area contributed by atoms with Gasteiger partial charge in [-0.25, -0.2) is 0 Å². The molecule has 2 aliphatic rings. The number of rotatable bonds is 4. The van der Waals surface area contributed by atoms with Crippen LogP contribution in [0.4, 0.5) is 0 Å². The Kier molecular flexibility index (Phi) is 3.74. The maximum atomic E-state index is 8.72. The SMILES string of the molecule is OCCCSC1CCOC2(CCC2)C1. The summed E-state index contributed by atoms with van der Waals surface area (Å²) in [5.41, 5.74) is 0.287. The van der Waals surface area contributed by atoms with Gasteiger partial charge in [-0.3, -0.25) is 0 Å². The van der Waals surface area contributed by atoms with Crippen molar-refractivity contribution in [2.45, 2.75) is 49.4 Å². The van der Waals surface area contributed by atoms with Gasteiger partial charge in [-0.05, 0) is 44.3 Å². The van der Waals surface area contributed by atoms with Gasteiger partial charge in [0, 0.05) is 18.5 Å². The summed E-state index contributed by atoms with van der Waals surface area (Å²) in [7, 11) is 0. The Balaban J connectivity index is 1.71. The van der Waals surface area contributed by atoms with Crippen molar-refractivity contribution in [1.29, 1.82) is 0 Å². The molecule has 1 unspecified atom stereocenters. The average Bonchev–Trinajstić information content (AvgIpc) is 2.17. The molecular formula is C11H20O2S. The van der Waals surface area contributed by atoms with Gasteiger partial charge in [0.05, 0.1) is 5.60 Å². The van der Waals surface area contributed by atoms with Gasteiger partial charge in [0.1, 0.15) is 0 Å². The van der Waals surface area contributed by atoms with Crippen LogP contribution in [-0.4, -0.2) is 34.9 Å². The van der Waals surface area contributed by atoms with Gasteiger partial charge in [-0.15, -0.1) is 0 Å². The summed E-state index contributed by atoms with van der Waals surface area (Å²) in [6, 6.07) is 0. The number of aliphatic hydroxyl groups is 1. The Morgan fingerprint density at radius 3 is 2.93 bits per heavy atom. The molecule has 14 heavy (non-hydrogen) atoms. The highest BCUT2D eigenvalue weighted by molar-refractivity contribution is 7.99. The number of hydrogen-bond acceptors (Lipinski definition) is 3. The van der Waals surface area contributed by atoms with E-state index < -0.39 is 0 Å². The summed E-state index contributed by atoms with van der Waals surface area (Å²) in [5.74, 6) is 1.11. The first-order valence-electron chi connectivity index (χ1n) is 5.71. The minimum Gasteiger partial charge on any atom is -0.396 e. The van der Waals surface area contributed by atoms with Crippen LogP contribution in [0.5, 0.6) is 0 Å². The monoisotopic (exact) mass is 216 g/mol. The maximum absolute atomic E-state index is 8.72. The van der Waals surface area contributed by atoms with Crippen LogP contribution >= 0.6 is 11.8 Å². The van der Waals surface area contributed by atoms with Crippen LogP contribution in [0.2, 0.25) is 0 Å². The molecule has 2 nitrogen and oxygen atoms in total. The highest BCUT2D eigenvalue weighted by atomic mass is 32.2. The van der Waals surface area contributed by atoms with E-state index in [9.17, 15) is 0 Å². The van der Waals surface area contributed by atoms with E-state index in [0.29, 0.717) is 6.61 Å². The molecule has 0 aromatic heterocycles. The summed E-state index contributed by atoms with van der Waals surface area (Å²) in [4.78, 5) is 0. The maximum Gasteiger partial charge on any atom is 0.0693 e. The van der Waals surface area contributed by atoms with Crippen molar-refractivity contribution < 1.29 is 9.84 Å². The fourth-order valence-electron chi connectivity index (χ4n) is 2.36. The molecule has 1 saturated heterocycles. The van der Waals surface area contributed by atoms with Gasteiger partial charge < -0.3 is 9.84 Å². The van der Waals surface area contributed by atoms with Crippen molar-refractivity contribution in [3.05, 3.63) is 0 Å². The van der Waals surface area contributed by atoms with Crippen LogP contribution in [0.15, 0.2) is 0 Å². The lowest BCUT2D eigenvalue weighted by molar-refractivity contribution is -0.125. The van der Waals surface area contributed by atoms with Gasteiger partial charge in [-0.1, -0.05) is 0 Å². The van der Waals surface area contributed by atoms with E-state index in [2.05, 4.69) is 0 Å². The number of thioether (sulfide) groups is 1. The van der Waals surface area contributed by atoms with Crippen molar-refractivity contribution in [2.75, 3.05) is 19.0 Å². The zero-order valence-electron chi connectivity index (χ0n) is 8.71. The normalized spacial score (nSPS) is 30.2. The molecule has 1 aliphatic heterocycles. The van der Waals surface area contributed by atoms with Crippen molar-refractivity contribution in [2.24, 2.45) is 0 Å². The molecule has 3 heteroatoms. The van der Waals surface area contributed by atoms with Crippen molar-refractivity contribution >= 4 is 11.8 Å². The molecule has 1 atom stereocenters. The summed E-state index contributed by atoms with van der Waals surface area (Å²) in [6.07, 6.45) is 7.32. The third kappa shape index (κ3) is 2.44. The third-order valence-electron chi connectivity index (χ3n) is 3.37. The third-order valence-corrected chi connectivity index (χ3v) is 4.77. The van der Waals surface area contributed by atoms with Gasteiger partial charge in [-0.2, -0.15) is 11.8 Å². The van der Waals surface area contributed by atoms with E-state index in [1.165, 1.54) is 32.1 Å². The first-order valence-corrected chi connectivity index (χ1v) is 6.76. The zero-order chi connectivity index (χ0) is 9.86. The molecular weight excluding hydrogens is 196 g/mol. The minimum atomic E-state index is 0.287. The van der Waals surface area contributed by atoms with Crippen LogP contribution < -0.4 is 0 Å². The molecule has 0 aromatic rings.